The first-order valence-electron chi connectivity index (χ1n) is 5.18. The van der Waals surface area contributed by atoms with Crippen molar-refractivity contribution < 1.29 is 25.2 Å². The van der Waals surface area contributed by atoms with E-state index >= 15 is 0 Å². The lowest BCUT2D eigenvalue weighted by Crippen LogP contribution is -2.31. The van der Waals surface area contributed by atoms with Crippen LogP contribution in [0.4, 0.5) is 0 Å². The van der Waals surface area contributed by atoms with Crippen molar-refractivity contribution in [3.63, 3.8) is 0 Å². The fourth-order valence-corrected chi connectivity index (χ4v) is 0.881. The first kappa shape index (κ1) is 14.8. The van der Waals surface area contributed by atoms with Gasteiger partial charge < -0.3 is 25.2 Å². The van der Waals surface area contributed by atoms with E-state index in [2.05, 4.69) is 0 Å². The summed E-state index contributed by atoms with van der Waals surface area (Å²) in [5.41, 5.74) is 0. The average Bonchev–Trinajstić information content (AvgIpc) is 2.26. The molecule has 5 nitrogen and oxygen atoms in total. The molecule has 4 unspecified atom stereocenters. The maximum absolute atomic E-state index is 9.41. The van der Waals surface area contributed by atoms with Gasteiger partial charge in [-0.05, 0) is 0 Å². The Bertz CT molecular complexity index is 137. The molecule has 4 N–H and O–H groups in total. The Balaban J connectivity index is 3.60. The topological polar surface area (TPSA) is 90.2 Å². The van der Waals surface area contributed by atoms with Crippen molar-refractivity contribution in [3.8, 4) is 0 Å². The molecule has 0 spiro atoms. The number of hydrogen-bond donors (Lipinski definition) is 4. The molecule has 0 rings (SSSR count). The van der Waals surface area contributed by atoms with Crippen LogP contribution in [0.15, 0.2) is 0 Å². The van der Waals surface area contributed by atoms with E-state index in [-0.39, 0.29) is 38.3 Å². The SMILES string of the molecule is CC(CO)C(O)COCC(O)C(C)CO. The number of hydrogen-bond acceptors (Lipinski definition) is 5. The number of rotatable bonds is 8. The molecule has 0 aliphatic rings. The minimum Gasteiger partial charge on any atom is -0.396 e. The molecule has 5 heteroatoms. The van der Waals surface area contributed by atoms with Crippen molar-refractivity contribution in [1.29, 1.82) is 0 Å². The fourth-order valence-electron chi connectivity index (χ4n) is 0.881. The first-order valence-corrected chi connectivity index (χ1v) is 5.18. The van der Waals surface area contributed by atoms with Gasteiger partial charge in [0.15, 0.2) is 0 Å². The van der Waals surface area contributed by atoms with Crippen LogP contribution >= 0.6 is 0 Å². The Labute approximate surface area is 90.3 Å². The molecule has 0 bridgehead atoms. The first-order chi connectivity index (χ1) is 7.02. The highest BCUT2D eigenvalue weighted by atomic mass is 16.5. The zero-order valence-electron chi connectivity index (χ0n) is 9.33. The molecule has 0 saturated heterocycles. The van der Waals surface area contributed by atoms with Crippen molar-refractivity contribution in [3.05, 3.63) is 0 Å². The third-order valence-corrected chi connectivity index (χ3v) is 2.47. The van der Waals surface area contributed by atoms with Crippen LogP contribution in [0, 0.1) is 11.8 Å². The number of aliphatic hydroxyl groups is 4. The minimum atomic E-state index is -0.730. The molecule has 0 radical (unpaired) electrons. The third-order valence-electron chi connectivity index (χ3n) is 2.47. The van der Waals surface area contributed by atoms with E-state index in [1.54, 1.807) is 13.8 Å². The summed E-state index contributed by atoms with van der Waals surface area (Å²) in [7, 11) is 0. The Morgan fingerprint density at radius 2 is 1.20 bits per heavy atom. The van der Waals surface area contributed by atoms with Crippen molar-refractivity contribution in [2.24, 2.45) is 11.8 Å². The lowest BCUT2D eigenvalue weighted by Gasteiger charge is -2.20. The second-order valence-corrected chi connectivity index (χ2v) is 3.99. The van der Waals surface area contributed by atoms with Gasteiger partial charge in [0.1, 0.15) is 0 Å². The number of aliphatic hydroxyl groups excluding tert-OH is 4. The molecule has 4 atom stereocenters. The summed E-state index contributed by atoms with van der Waals surface area (Å²) < 4.78 is 5.08. The van der Waals surface area contributed by atoms with Crippen LogP contribution in [0.2, 0.25) is 0 Å². The molecule has 0 saturated carbocycles. The summed E-state index contributed by atoms with van der Waals surface area (Å²) in [6, 6.07) is 0. The van der Waals surface area contributed by atoms with Gasteiger partial charge in [0.25, 0.3) is 0 Å². The van der Waals surface area contributed by atoms with E-state index in [9.17, 15) is 10.2 Å². The summed E-state index contributed by atoms with van der Waals surface area (Å²) in [5, 5.41) is 36.3. The smallest absolute Gasteiger partial charge is 0.0820 e. The van der Waals surface area contributed by atoms with E-state index in [1.165, 1.54) is 0 Å². The highest BCUT2D eigenvalue weighted by Crippen LogP contribution is 2.05. The van der Waals surface area contributed by atoms with Crippen molar-refractivity contribution >= 4 is 0 Å². The Hall–Kier alpha value is -0.200. The largest absolute Gasteiger partial charge is 0.396 e. The second-order valence-electron chi connectivity index (χ2n) is 3.99. The normalized spacial score (nSPS) is 19.6. The van der Waals surface area contributed by atoms with Gasteiger partial charge in [-0.15, -0.1) is 0 Å². The molecule has 0 amide bonds. The third kappa shape index (κ3) is 6.06. The van der Waals surface area contributed by atoms with Crippen LogP contribution in [0.5, 0.6) is 0 Å². The predicted octanol–water partition coefficient (Wildman–Crippen LogP) is -1.02. The summed E-state index contributed by atoms with van der Waals surface area (Å²) in [5.74, 6) is -0.477. The van der Waals surface area contributed by atoms with Gasteiger partial charge in [0, 0.05) is 25.0 Å². The average molecular weight is 222 g/mol. The van der Waals surface area contributed by atoms with Gasteiger partial charge in [-0.25, -0.2) is 0 Å². The van der Waals surface area contributed by atoms with Crippen LogP contribution in [0.25, 0.3) is 0 Å². The minimum absolute atomic E-state index is 0.0803. The van der Waals surface area contributed by atoms with Gasteiger partial charge >= 0.3 is 0 Å². The molecule has 0 aromatic rings. The van der Waals surface area contributed by atoms with Gasteiger partial charge in [-0.1, -0.05) is 13.8 Å². The molecule has 92 valence electrons. The van der Waals surface area contributed by atoms with Gasteiger partial charge in [0.05, 0.1) is 25.4 Å². The zero-order valence-corrected chi connectivity index (χ0v) is 9.33. The lowest BCUT2D eigenvalue weighted by molar-refractivity contribution is -0.0483. The van der Waals surface area contributed by atoms with Gasteiger partial charge in [-0.2, -0.15) is 0 Å². The van der Waals surface area contributed by atoms with Gasteiger partial charge in [-0.3, -0.25) is 0 Å². The molecule has 0 aliphatic carbocycles. The monoisotopic (exact) mass is 222 g/mol. The Morgan fingerprint density at radius 3 is 1.47 bits per heavy atom. The lowest BCUT2D eigenvalue weighted by atomic mass is 10.1. The van der Waals surface area contributed by atoms with E-state index in [1.807, 2.05) is 0 Å². The van der Waals surface area contributed by atoms with Crippen LogP contribution in [0.1, 0.15) is 13.8 Å². The van der Waals surface area contributed by atoms with E-state index in [0.29, 0.717) is 0 Å². The van der Waals surface area contributed by atoms with Crippen LogP contribution in [-0.2, 0) is 4.74 Å². The maximum atomic E-state index is 9.41. The van der Waals surface area contributed by atoms with Crippen LogP contribution in [0.3, 0.4) is 0 Å². The molecule has 0 heterocycles. The summed E-state index contributed by atoms with van der Waals surface area (Å²) in [6.45, 7) is 3.38. The van der Waals surface area contributed by atoms with Crippen molar-refractivity contribution in [2.75, 3.05) is 26.4 Å². The fraction of sp³-hybridized carbons (Fsp3) is 1.00. The number of ether oxygens (including phenoxy) is 1. The van der Waals surface area contributed by atoms with Crippen LogP contribution in [-0.4, -0.2) is 59.1 Å². The standard InChI is InChI=1S/C10H22O5/c1-7(3-11)9(13)5-15-6-10(14)8(2)4-12/h7-14H,3-6H2,1-2H3. The molecule has 0 fully saturated rings. The molecular formula is C10H22O5. The Kier molecular flexibility index (Phi) is 7.90. The van der Waals surface area contributed by atoms with Gasteiger partial charge in [0.2, 0.25) is 0 Å². The van der Waals surface area contributed by atoms with E-state index in [0.717, 1.165) is 0 Å². The van der Waals surface area contributed by atoms with Crippen LogP contribution < -0.4 is 0 Å². The highest BCUT2D eigenvalue weighted by molar-refractivity contribution is 4.65. The van der Waals surface area contributed by atoms with Crippen molar-refractivity contribution in [2.45, 2.75) is 26.1 Å². The van der Waals surface area contributed by atoms with Crippen molar-refractivity contribution in [1.82, 2.24) is 0 Å². The zero-order chi connectivity index (χ0) is 11.8. The molecule has 0 aliphatic heterocycles. The molecular weight excluding hydrogens is 200 g/mol. The second kappa shape index (κ2) is 8.01. The quantitative estimate of drug-likeness (QED) is 0.422. The summed E-state index contributed by atoms with van der Waals surface area (Å²) in [4.78, 5) is 0. The summed E-state index contributed by atoms with van der Waals surface area (Å²) >= 11 is 0. The molecule has 15 heavy (non-hydrogen) atoms. The van der Waals surface area contributed by atoms with E-state index < -0.39 is 12.2 Å². The van der Waals surface area contributed by atoms with E-state index in [4.69, 9.17) is 14.9 Å². The predicted molar refractivity (Wildman–Crippen MR) is 55.3 cm³/mol. The summed E-state index contributed by atoms with van der Waals surface area (Å²) in [6.07, 6.45) is -1.46. The highest BCUT2D eigenvalue weighted by Gasteiger charge is 2.16. The maximum Gasteiger partial charge on any atom is 0.0820 e. The Morgan fingerprint density at radius 1 is 0.867 bits per heavy atom. The molecule has 0 aromatic carbocycles. The molecule has 0 aromatic heterocycles.